The first-order valence-corrected chi connectivity index (χ1v) is 12.0. The second kappa shape index (κ2) is 13.1. The minimum absolute atomic E-state index is 0.223. The molecule has 176 valence electrons. The van der Waals surface area contributed by atoms with Crippen molar-refractivity contribution in [3.8, 4) is 0 Å². The lowest BCUT2D eigenvalue weighted by atomic mass is 10.1. The Bertz CT molecular complexity index is 802. The molecule has 1 saturated heterocycles. The number of hydrogen-bond donors (Lipinski definition) is 2. The topological polar surface area (TPSA) is 79.6 Å². The van der Waals surface area contributed by atoms with Crippen LogP contribution in [-0.4, -0.2) is 65.7 Å². The predicted octanol–water partition coefficient (Wildman–Crippen LogP) is 2.86. The minimum atomic E-state index is 0.223. The maximum atomic E-state index is 5.86. The Morgan fingerprint density at radius 2 is 2.16 bits per heavy atom. The Kier molecular flexibility index (Phi) is 9.81. The monoisotopic (exact) mass is 441 g/mol. The van der Waals surface area contributed by atoms with Crippen molar-refractivity contribution in [1.82, 2.24) is 25.4 Å². The Labute approximate surface area is 192 Å². The van der Waals surface area contributed by atoms with Crippen molar-refractivity contribution in [2.75, 3.05) is 37.7 Å². The average molecular weight is 442 g/mol. The fourth-order valence-electron chi connectivity index (χ4n) is 4.05. The number of nitrogens with zero attached hydrogens (tertiary/aromatic N) is 5. The van der Waals surface area contributed by atoms with Crippen molar-refractivity contribution >= 4 is 11.6 Å². The zero-order chi connectivity index (χ0) is 22.6. The molecule has 2 N–H and O–H groups in total. The molecule has 2 aromatic rings. The van der Waals surface area contributed by atoms with Crippen LogP contribution in [0, 0.1) is 0 Å². The molecule has 2 atom stereocenters. The van der Waals surface area contributed by atoms with Gasteiger partial charge in [0.1, 0.15) is 12.2 Å². The number of aliphatic imine (C=N–C) groups is 1. The van der Waals surface area contributed by atoms with E-state index < -0.39 is 0 Å². The Morgan fingerprint density at radius 1 is 1.31 bits per heavy atom. The maximum absolute atomic E-state index is 5.86. The maximum Gasteiger partial charge on any atom is 0.191 e. The lowest BCUT2D eigenvalue weighted by Gasteiger charge is -2.24. The third-order valence-corrected chi connectivity index (χ3v) is 5.90. The number of guanidine groups is 1. The molecule has 3 rings (SSSR count). The van der Waals surface area contributed by atoms with Crippen molar-refractivity contribution in [3.05, 3.63) is 42.5 Å². The van der Waals surface area contributed by atoms with Gasteiger partial charge in [-0.2, -0.15) is 0 Å². The predicted molar refractivity (Wildman–Crippen MR) is 130 cm³/mol. The molecule has 2 heterocycles. The van der Waals surface area contributed by atoms with Crippen molar-refractivity contribution in [1.29, 1.82) is 0 Å². The molecule has 2 unspecified atom stereocenters. The normalized spacial score (nSPS) is 17.3. The highest BCUT2D eigenvalue weighted by Crippen LogP contribution is 2.15. The summed E-state index contributed by atoms with van der Waals surface area (Å²) in [6, 6.07) is 10.8. The first-order valence-electron chi connectivity index (χ1n) is 12.0. The summed E-state index contributed by atoms with van der Waals surface area (Å²) in [4.78, 5) is 7.26. The number of rotatable bonds is 12. The lowest BCUT2D eigenvalue weighted by molar-refractivity contribution is 0.0890. The van der Waals surface area contributed by atoms with Gasteiger partial charge < -0.3 is 24.8 Å². The molecule has 1 aromatic carbocycles. The molecule has 0 bridgehead atoms. The van der Waals surface area contributed by atoms with Gasteiger partial charge in [0, 0.05) is 51.4 Å². The first kappa shape index (κ1) is 24.0. The van der Waals surface area contributed by atoms with Gasteiger partial charge in [0.05, 0.1) is 12.1 Å². The molecule has 8 heteroatoms. The van der Waals surface area contributed by atoms with Crippen LogP contribution >= 0.6 is 0 Å². The summed E-state index contributed by atoms with van der Waals surface area (Å²) < 4.78 is 7.95. The van der Waals surface area contributed by atoms with Gasteiger partial charge in [-0.05, 0) is 45.2 Å². The van der Waals surface area contributed by atoms with Gasteiger partial charge in [-0.15, -0.1) is 10.2 Å². The summed E-state index contributed by atoms with van der Waals surface area (Å²) in [6.07, 6.45) is 6.16. The number of benzene rings is 1. The van der Waals surface area contributed by atoms with E-state index >= 15 is 0 Å². The van der Waals surface area contributed by atoms with E-state index in [2.05, 4.69) is 81.4 Å². The van der Waals surface area contributed by atoms with Gasteiger partial charge in [-0.3, -0.25) is 4.99 Å². The molecular weight excluding hydrogens is 402 g/mol. The summed E-state index contributed by atoms with van der Waals surface area (Å²) in [5.74, 6) is 1.86. The molecule has 0 amide bonds. The molecule has 0 saturated carbocycles. The lowest BCUT2D eigenvalue weighted by Crippen LogP contribution is -2.47. The second-order valence-electron chi connectivity index (χ2n) is 8.20. The van der Waals surface area contributed by atoms with E-state index in [-0.39, 0.29) is 12.1 Å². The summed E-state index contributed by atoms with van der Waals surface area (Å²) in [5, 5.41) is 15.2. The third kappa shape index (κ3) is 7.22. The molecule has 0 aliphatic carbocycles. The Hall–Kier alpha value is -2.61. The summed E-state index contributed by atoms with van der Waals surface area (Å²) in [7, 11) is 0. The standard InChI is InChI=1S/C24H39N7O/c1-4-23-29-27-19-31(23)17-15-26-24(28-20(3)22-13-9-18-32-22)25-14-10-16-30(5-2)21-11-7-6-8-12-21/h6-8,11-12,19-20,22H,4-5,9-10,13-18H2,1-3H3,(H2,25,26,28). The van der Waals surface area contributed by atoms with Crippen LogP contribution in [0.25, 0.3) is 0 Å². The zero-order valence-electron chi connectivity index (χ0n) is 19.8. The van der Waals surface area contributed by atoms with Gasteiger partial charge in [0.15, 0.2) is 5.96 Å². The molecule has 1 aliphatic rings. The largest absolute Gasteiger partial charge is 0.376 e. The van der Waals surface area contributed by atoms with Crippen LogP contribution in [0.4, 0.5) is 5.69 Å². The van der Waals surface area contributed by atoms with E-state index in [1.54, 1.807) is 6.33 Å². The van der Waals surface area contributed by atoms with Crippen LogP contribution in [0.1, 0.15) is 45.9 Å². The smallest absolute Gasteiger partial charge is 0.191 e. The molecule has 0 spiro atoms. The van der Waals surface area contributed by atoms with Crippen molar-refractivity contribution in [3.63, 3.8) is 0 Å². The van der Waals surface area contributed by atoms with Crippen LogP contribution in [0.3, 0.4) is 0 Å². The number of aromatic nitrogens is 3. The van der Waals surface area contributed by atoms with Crippen molar-refractivity contribution in [2.45, 2.75) is 65.1 Å². The van der Waals surface area contributed by atoms with Crippen molar-refractivity contribution < 1.29 is 4.74 Å². The van der Waals surface area contributed by atoms with Crippen LogP contribution in [0.2, 0.25) is 0 Å². The number of aryl methyl sites for hydroxylation is 1. The second-order valence-corrected chi connectivity index (χ2v) is 8.20. The minimum Gasteiger partial charge on any atom is -0.376 e. The van der Waals surface area contributed by atoms with Gasteiger partial charge in [0.25, 0.3) is 0 Å². The number of ether oxygens (including phenoxy) is 1. The summed E-state index contributed by atoms with van der Waals surface area (Å²) in [5.41, 5.74) is 1.27. The highest BCUT2D eigenvalue weighted by atomic mass is 16.5. The van der Waals surface area contributed by atoms with Crippen molar-refractivity contribution in [2.24, 2.45) is 4.99 Å². The van der Waals surface area contributed by atoms with E-state index in [4.69, 9.17) is 9.73 Å². The molecule has 1 aromatic heterocycles. The van der Waals surface area contributed by atoms with Gasteiger partial charge >= 0.3 is 0 Å². The number of nitrogens with one attached hydrogen (secondary N) is 2. The summed E-state index contributed by atoms with van der Waals surface area (Å²) in [6.45, 7) is 11.6. The molecule has 32 heavy (non-hydrogen) atoms. The van der Waals surface area contributed by atoms with E-state index in [0.29, 0.717) is 0 Å². The first-order chi connectivity index (χ1) is 15.7. The third-order valence-electron chi connectivity index (χ3n) is 5.90. The molecular formula is C24H39N7O. The van der Waals surface area contributed by atoms with Gasteiger partial charge in [0.2, 0.25) is 0 Å². The highest BCUT2D eigenvalue weighted by molar-refractivity contribution is 5.80. The quantitative estimate of drug-likeness (QED) is 0.300. The van der Waals surface area contributed by atoms with Crippen LogP contribution < -0.4 is 15.5 Å². The SMILES string of the molecule is CCc1nncn1CCNC(=NCCCN(CC)c1ccccc1)NC(C)C1CCCO1. The molecule has 1 aliphatic heterocycles. The van der Waals surface area contributed by atoms with E-state index in [0.717, 1.165) is 76.8 Å². The van der Waals surface area contributed by atoms with Gasteiger partial charge in [-0.1, -0.05) is 25.1 Å². The average Bonchev–Trinajstić information content (AvgIpc) is 3.51. The van der Waals surface area contributed by atoms with Crippen LogP contribution in [0.5, 0.6) is 0 Å². The Morgan fingerprint density at radius 3 is 2.88 bits per heavy atom. The molecule has 1 fully saturated rings. The summed E-state index contributed by atoms with van der Waals surface area (Å²) >= 11 is 0. The zero-order valence-corrected chi connectivity index (χ0v) is 19.8. The van der Waals surface area contributed by atoms with Gasteiger partial charge in [-0.25, -0.2) is 0 Å². The Balaban J connectivity index is 1.53. The van der Waals surface area contributed by atoms with E-state index in [1.807, 2.05) is 0 Å². The molecule has 8 nitrogen and oxygen atoms in total. The number of para-hydroxylation sites is 1. The van der Waals surface area contributed by atoms with E-state index in [9.17, 15) is 0 Å². The number of hydrogen-bond acceptors (Lipinski definition) is 5. The van der Waals surface area contributed by atoms with E-state index in [1.165, 1.54) is 5.69 Å². The van der Waals surface area contributed by atoms with Crippen LogP contribution in [0.15, 0.2) is 41.7 Å². The molecule has 0 radical (unpaired) electrons. The highest BCUT2D eigenvalue weighted by Gasteiger charge is 2.23. The van der Waals surface area contributed by atoms with Crippen LogP contribution in [-0.2, 0) is 17.7 Å². The fraction of sp³-hybridized carbons (Fsp3) is 0.625. The number of anilines is 1. The fourth-order valence-corrected chi connectivity index (χ4v) is 4.05.